The number of fused-ring (bicyclic) bond motifs is 1. The third-order valence-corrected chi connectivity index (χ3v) is 3.45. The Morgan fingerprint density at radius 3 is 3.11 bits per heavy atom. The summed E-state index contributed by atoms with van der Waals surface area (Å²) < 4.78 is 7.22. The zero-order valence-electron chi connectivity index (χ0n) is 10.5. The number of hydrogen-bond acceptors (Lipinski definition) is 4. The second kappa shape index (κ2) is 4.97. The fourth-order valence-corrected chi connectivity index (χ4v) is 2.43. The van der Waals surface area contributed by atoms with Crippen molar-refractivity contribution in [3.8, 4) is 0 Å². The van der Waals surface area contributed by atoms with Crippen molar-refractivity contribution in [2.24, 2.45) is 5.92 Å². The molecule has 3 heterocycles. The molecule has 6 heteroatoms. The van der Waals surface area contributed by atoms with Gasteiger partial charge < -0.3 is 9.84 Å². The molecule has 0 radical (unpaired) electrons. The maximum atomic E-state index is 11.0. The van der Waals surface area contributed by atoms with E-state index in [1.165, 1.54) is 0 Å². The molecule has 19 heavy (non-hydrogen) atoms. The molecular formula is C13H15N3O3. The number of nitrogens with zero attached hydrogens (tertiary/aromatic N) is 3. The van der Waals surface area contributed by atoms with Crippen molar-refractivity contribution in [3.63, 3.8) is 0 Å². The Morgan fingerprint density at radius 1 is 1.47 bits per heavy atom. The molecule has 0 saturated carbocycles. The predicted octanol–water partition coefficient (Wildman–Crippen LogP) is 1.40. The number of carboxylic acids is 1. The van der Waals surface area contributed by atoms with Crippen LogP contribution in [0, 0.1) is 5.92 Å². The van der Waals surface area contributed by atoms with Crippen LogP contribution in [0.3, 0.4) is 0 Å². The van der Waals surface area contributed by atoms with E-state index < -0.39 is 5.97 Å². The van der Waals surface area contributed by atoms with Gasteiger partial charge in [0.05, 0.1) is 5.56 Å². The molecule has 1 aliphatic rings. The number of hydrogen-bond donors (Lipinski definition) is 1. The summed E-state index contributed by atoms with van der Waals surface area (Å²) >= 11 is 0. The van der Waals surface area contributed by atoms with E-state index in [-0.39, 0.29) is 5.56 Å². The summed E-state index contributed by atoms with van der Waals surface area (Å²) in [5.41, 5.74) is 0.921. The summed E-state index contributed by atoms with van der Waals surface area (Å²) in [6.07, 6.45) is 4.54. The van der Waals surface area contributed by atoms with Gasteiger partial charge in [-0.1, -0.05) is 0 Å². The molecule has 0 bridgehead atoms. The summed E-state index contributed by atoms with van der Waals surface area (Å²) in [6.45, 7) is 1.58. The van der Waals surface area contributed by atoms with E-state index in [1.54, 1.807) is 22.7 Å². The van der Waals surface area contributed by atoms with Crippen molar-refractivity contribution in [2.45, 2.75) is 19.3 Å². The maximum Gasteiger partial charge on any atom is 0.337 e. The normalized spacial score (nSPS) is 19.7. The Kier molecular flexibility index (Phi) is 3.16. The fourth-order valence-electron chi connectivity index (χ4n) is 2.43. The minimum atomic E-state index is -0.942. The number of ether oxygens (including phenoxy) is 1. The first-order chi connectivity index (χ1) is 9.24. The van der Waals surface area contributed by atoms with Gasteiger partial charge in [0.2, 0.25) is 0 Å². The number of aromatic nitrogens is 3. The SMILES string of the molecule is O=C(O)c1ccc2nnc(CC3CCCOC3)n2c1. The second-order valence-electron chi connectivity index (χ2n) is 4.85. The highest BCUT2D eigenvalue weighted by molar-refractivity contribution is 5.87. The average molecular weight is 261 g/mol. The molecule has 1 N–H and O–H groups in total. The van der Waals surface area contributed by atoms with Gasteiger partial charge in [0, 0.05) is 25.8 Å². The molecule has 2 aromatic heterocycles. The Balaban J connectivity index is 1.89. The number of carboxylic acid groups (broad SMARTS) is 1. The molecule has 1 saturated heterocycles. The van der Waals surface area contributed by atoms with Gasteiger partial charge in [0.1, 0.15) is 5.82 Å². The van der Waals surface area contributed by atoms with E-state index in [0.29, 0.717) is 11.6 Å². The van der Waals surface area contributed by atoms with Crippen LogP contribution in [0.1, 0.15) is 29.0 Å². The van der Waals surface area contributed by atoms with E-state index in [0.717, 1.165) is 38.3 Å². The minimum Gasteiger partial charge on any atom is -0.478 e. The Hall–Kier alpha value is -1.95. The van der Waals surface area contributed by atoms with Crippen LogP contribution in [-0.4, -0.2) is 38.9 Å². The van der Waals surface area contributed by atoms with Crippen LogP contribution in [0.2, 0.25) is 0 Å². The van der Waals surface area contributed by atoms with Crippen molar-refractivity contribution in [2.75, 3.05) is 13.2 Å². The van der Waals surface area contributed by atoms with Gasteiger partial charge in [-0.3, -0.25) is 4.40 Å². The van der Waals surface area contributed by atoms with Crippen LogP contribution in [0.5, 0.6) is 0 Å². The first-order valence-electron chi connectivity index (χ1n) is 6.39. The maximum absolute atomic E-state index is 11.0. The largest absolute Gasteiger partial charge is 0.478 e. The van der Waals surface area contributed by atoms with Crippen molar-refractivity contribution in [1.82, 2.24) is 14.6 Å². The zero-order valence-corrected chi connectivity index (χ0v) is 10.5. The average Bonchev–Trinajstić information content (AvgIpc) is 2.82. The lowest BCUT2D eigenvalue weighted by Crippen LogP contribution is -2.20. The standard InChI is InChI=1S/C13H15N3O3/c17-13(18)10-3-4-11-14-15-12(16(11)7-10)6-9-2-1-5-19-8-9/h3-4,7,9H,1-2,5-6,8H2,(H,17,18). The quantitative estimate of drug-likeness (QED) is 0.903. The fraction of sp³-hybridized carbons (Fsp3) is 0.462. The Bertz CT molecular complexity index is 602. The number of aromatic carboxylic acids is 1. The molecule has 0 aliphatic carbocycles. The van der Waals surface area contributed by atoms with Gasteiger partial charge in [0.15, 0.2) is 5.65 Å². The second-order valence-corrected chi connectivity index (χ2v) is 4.85. The van der Waals surface area contributed by atoms with E-state index in [2.05, 4.69) is 10.2 Å². The van der Waals surface area contributed by atoms with E-state index in [4.69, 9.17) is 9.84 Å². The topological polar surface area (TPSA) is 76.7 Å². The summed E-state index contributed by atoms with van der Waals surface area (Å²) in [5, 5.41) is 17.2. The summed E-state index contributed by atoms with van der Waals surface area (Å²) in [5.74, 6) is 0.297. The van der Waals surface area contributed by atoms with Crippen LogP contribution in [0.15, 0.2) is 18.3 Å². The lowest BCUT2D eigenvalue weighted by atomic mass is 9.98. The first-order valence-corrected chi connectivity index (χ1v) is 6.39. The number of pyridine rings is 1. The molecule has 100 valence electrons. The predicted molar refractivity (Wildman–Crippen MR) is 67.2 cm³/mol. The van der Waals surface area contributed by atoms with E-state index >= 15 is 0 Å². The van der Waals surface area contributed by atoms with Crippen LogP contribution in [-0.2, 0) is 11.2 Å². The highest BCUT2D eigenvalue weighted by atomic mass is 16.5. The molecule has 6 nitrogen and oxygen atoms in total. The smallest absolute Gasteiger partial charge is 0.337 e. The van der Waals surface area contributed by atoms with Gasteiger partial charge in [-0.05, 0) is 30.9 Å². The molecule has 3 rings (SSSR count). The highest BCUT2D eigenvalue weighted by Crippen LogP contribution is 2.18. The van der Waals surface area contributed by atoms with Gasteiger partial charge in [-0.25, -0.2) is 4.79 Å². The van der Waals surface area contributed by atoms with Crippen molar-refractivity contribution in [1.29, 1.82) is 0 Å². The van der Waals surface area contributed by atoms with Crippen LogP contribution in [0.4, 0.5) is 0 Å². The molecule has 0 amide bonds. The van der Waals surface area contributed by atoms with E-state index in [9.17, 15) is 4.79 Å². The molecule has 1 fully saturated rings. The minimum absolute atomic E-state index is 0.244. The van der Waals surface area contributed by atoms with Gasteiger partial charge in [0.25, 0.3) is 0 Å². The van der Waals surface area contributed by atoms with Crippen molar-refractivity contribution < 1.29 is 14.6 Å². The molecule has 1 atom stereocenters. The summed E-state index contributed by atoms with van der Waals surface area (Å²) in [6, 6.07) is 3.22. The third-order valence-electron chi connectivity index (χ3n) is 3.45. The number of rotatable bonds is 3. The Morgan fingerprint density at radius 2 is 2.37 bits per heavy atom. The van der Waals surface area contributed by atoms with Gasteiger partial charge in [-0.2, -0.15) is 0 Å². The van der Waals surface area contributed by atoms with Crippen LogP contribution < -0.4 is 0 Å². The summed E-state index contributed by atoms with van der Waals surface area (Å²) in [4.78, 5) is 11.0. The molecule has 0 spiro atoms. The monoisotopic (exact) mass is 261 g/mol. The molecule has 2 aromatic rings. The highest BCUT2D eigenvalue weighted by Gasteiger charge is 2.18. The molecule has 1 unspecified atom stereocenters. The molecule has 1 aliphatic heterocycles. The van der Waals surface area contributed by atoms with E-state index in [1.807, 2.05) is 0 Å². The van der Waals surface area contributed by atoms with Crippen LogP contribution in [0.25, 0.3) is 5.65 Å². The molecular weight excluding hydrogens is 246 g/mol. The third kappa shape index (κ3) is 2.44. The van der Waals surface area contributed by atoms with Crippen LogP contribution >= 0.6 is 0 Å². The first kappa shape index (κ1) is 12.1. The van der Waals surface area contributed by atoms with Crippen molar-refractivity contribution >= 4 is 11.6 Å². The van der Waals surface area contributed by atoms with Gasteiger partial charge >= 0.3 is 5.97 Å². The Labute approximate surface area is 110 Å². The lowest BCUT2D eigenvalue weighted by molar-refractivity contribution is 0.0542. The summed E-state index contributed by atoms with van der Waals surface area (Å²) in [7, 11) is 0. The zero-order chi connectivity index (χ0) is 13.2. The van der Waals surface area contributed by atoms with Gasteiger partial charge in [-0.15, -0.1) is 10.2 Å². The number of carbonyl (C=O) groups is 1. The lowest BCUT2D eigenvalue weighted by Gasteiger charge is -2.21. The van der Waals surface area contributed by atoms with Crippen molar-refractivity contribution in [3.05, 3.63) is 29.7 Å². The molecule has 0 aromatic carbocycles.